The Balaban J connectivity index is 1.61. The topological polar surface area (TPSA) is 12.5 Å². The number of benzene rings is 1. The first-order valence-electron chi connectivity index (χ1n) is 7.32. The number of nitrogens with zero attached hydrogens (tertiary/aromatic N) is 1. The standard InChI is InChI=1S/C16H22ClNO/c1-12-4-5-16-13(9-12)10-15(19-16)11-18-8-2-3-14(18)6-7-17/h4-5,9,14-15H,2-3,6-8,10-11H2,1H3. The van der Waals surface area contributed by atoms with Crippen molar-refractivity contribution < 1.29 is 4.74 Å². The number of likely N-dealkylation sites (tertiary alicyclic amines) is 1. The third-order valence-corrected chi connectivity index (χ3v) is 4.55. The van der Waals surface area contributed by atoms with Gasteiger partial charge in [0.1, 0.15) is 11.9 Å². The molecular formula is C16H22ClNO. The second-order valence-electron chi connectivity index (χ2n) is 5.82. The highest BCUT2D eigenvalue weighted by Crippen LogP contribution is 2.31. The number of aryl methyl sites for hydroxylation is 1. The van der Waals surface area contributed by atoms with Gasteiger partial charge < -0.3 is 4.74 Å². The van der Waals surface area contributed by atoms with Crippen LogP contribution in [0.5, 0.6) is 5.75 Å². The molecule has 3 heteroatoms. The molecule has 0 N–H and O–H groups in total. The summed E-state index contributed by atoms with van der Waals surface area (Å²) in [6.45, 7) is 4.40. The lowest BCUT2D eigenvalue weighted by Gasteiger charge is -2.26. The third kappa shape index (κ3) is 2.90. The fraction of sp³-hybridized carbons (Fsp3) is 0.625. The largest absolute Gasteiger partial charge is 0.488 e. The van der Waals surface area contributed by atoms with Crippen molar-refractivity contribution in [3.63, 3.8) is 0 Å². The van der Waals surface area contributed by atoms with Crippen LogP contribution in [0.1, 0.15) is 30.4 Å². The van der Waals surface area contributed by atoms with Crippen LogP contribution in [0.2, 0.25) is 0 Å². The highest BCUT2D eigenvalue weighted by atomic mass is 35.5. The molecule has 2 aliphatic heterocycles. The lowest BCUT2D eigenvalue weighted by atomic mass is 10.1. The van der Waals surface area contributed by atoms with E-state index in [-0.39, 0.29) is 0 Å². The number of rotatable bonds is 4. The molecule has 1 fully saturated rings. The summed E-state index contributed by atoms with van der Waals surface area (Å²) < 4.78 is 6.08. The monoisotopic (exact) mass is 279 g/mol. The van der Waals surface area contributed by atoms with Gasteiger partial charge in [-0.25, -0.2) is 0 Å². The van der Waals surface area contributed by atoms with Gasteiger partial charge >= 0.3 is 0 Å². The van der Waals surface area contributed by atoms with Crippen molar-refractivity contribution in [2.24, 2.45) is 0 Å². The summed E-state index contributed by atoms with van der Waals surface area (Å²) in [7, 11) is 0. The van der Waals surface area contributed by atoms with Crippen LogP contribution in [0.15, 0.2) is 18.2 Å². The number of fused-ring (bicyclic) bond motifs is 1. The summed E-state index contributed by atoms with van der Waals surface area (Å²) in [5, 5.41) is 0. The average Bonchev–Trinajstić information content (AvgIpc) is 2.97. The normalized spacial score (nSPS) is 26.4. The first-order valence-corrected chi connectivity index (χ1v) is 7.86. The van der Waals surface area contributed by atoms with Gasteiger partial charge in [-0.15, -0.1) is 11.6 Å². The summed E-state index contributed by atoms with van der Waals surface area (Å²) in [6, 6.07) is 7.18. The summed E-state index contributed by atoms with van der Waals surface area (Å²) in [4.78, 5) is 2.58. The molecule has 2 unspecified atom stereocenters. The van der Waals surface area contributed by atoms with Gasteiger partial charge in [-0.3, -0.25) is 4.90 Å². The van der Waals surface area contributed by atoms with Gasteiger partial charge in [-0.05, 0) is 44.4 Å². The Hall–Kier alpha value is -0.730. The zero-order valence-corrected chi connectivity index (χ0v) is 12.3. The highest BCUT2D eigenvalue weighted by Gasteiger charge is 2.30. The molecule has 1 aromatic rings. The Morgan fingerprint density at radius 2 is 2.32 bits per heavy atom. The van der Waals surface area contributed by atoms with Crippen LogP contribution in [0, 0.1) is 6.92 Å². The highest BCUT2D eigenvalue weighted by molar-refractivity contribution is 6.17. The van der Waals surface area contributed by atoms with Crippen LogP contribution in [-0.2, 0) is 6.42 Å². The minimum absolute atomic E-state index is 0.327. The molecule has 1 saturated heterocycles. The number of hydrogen-bond donors (Lipinski definition) is 0. The summed E-state index contributed by atoms with van der Waals surface area (Å²) in [6.07, 6.45) is 5.10. The number of hydrogen-bond acceptors (Lipinski definition) is 2. The van der Waals surface area contributed by atoms with E-state index in [1.54, 1.807) is 0 Å². The summed E-state index contributed by atoms with van der Waals surface area (Å²) in [5.41, 5.74) is 2.70. The number of ether oxygens (including phenoxy) is 1. The molecule has 0 aromatic heterocycles. The first kappa shape index (κ1) is 13.3. The van der Waals surface area contributed by atoms with E-state index in [9.17, 15) is 0 Å². The molecule has 0 saturated carbocycles. The molecule has 19 heavy (non-hydrogen) atoms. The molecule has 2 heterocycles. The van der Waals surface area contributed by atoms with Crippen molar-refractivity contribution in [3.8, 4) is 5.75 Å². The van der Waals surface area contributed by atoms with Crippen molar-refractivity contribution in [3.05, 3.63) is 29.3 Å². The summed E-state index contributed by atoms with van der Waals surface area (Å²) >= 11 is 5.90. The van der Waals surface area contributed by atoms with E-state index >= 15 is 0 Å². The number of alkyl halides is 1. The maximum Gasteiger partial charge on any atom is 0.123 e. The Morgan fingerprint density at radius 1 is 1.42 bits per heavy atom. The Bertz CT molecular complexity index is 448. The smallest absolute Gasteiger partial charge is 0.123 e. The molecule has 3 rings (SSSR count). The SMILES string of the molecule is Cc1ccc2c(c1)CC(CN1CCCC1CCCl)O2. The van der Waals surface area contributed by atoms with Crippen molar-refractivity contribution in [2.75, 3.05) is 19.0 Å². The van der Waals surface area contributed by atoms with E-state index in [0.717, 1.165) is 31.0 Å². The molecular weight excluding hydrogens is 258 g/mol. The predicted octanol–water partition coefficient (Wildman–Crippen LogP) is 3.39. The van der Waals surface area contributed by atoms with Gasteiger partial charge in [0.2, 0.25) is 0 Å². The molecule has 1 aromatic carbocycles. The molecule has 0 radical (unpaired) electrons. The zero-order valence-electron chi connectivity index (χ0n) is 11.6. The van der Waals surface area contributed by atoms with E-state index < -0.39 is 0 Å². The van der Waals surface area contributed by atoms with Crippen LogP contribution < -0.4 is 4.74 Å². The van der Waals surface area contributed by atoms with E-state index in [1.165, 1.54) is 30.5 Å². The van der Waals surface area contributed by atoms with E-state index in [1.807, 2.05) is 0 Å². The molecule has 104 valence electrons. The van der Waals surface area contributed by atoms with Gasteiger partial charge in [0.05, 0.1) is 0 Å². The Morgan fingerprint density at radius 3 is 3.16 bits per heavy atom. The van der Waals surface area contributed by atoms with Crippen LogP contribution in [-0.4, -0.2) is 36.0 Å². The van der Waals surface area contributed by atoms with Crippen molar-refractivity contribution in [1.82, 2.24) is 4.90 Å². The Kier molecular flexibility index (Phi) is 3.99. The van der Waals surface area contributed by atoms with Crippen LogP contribution in [0.3, 0.4) is 0 Å². The van der Waals surface area contributed by atoms with Gasteiger partial charge in [0, 0.05) is 24.9 Å². The van der Waals surface area contributed by atoms with Crippen molar-refractivity contribution >= 4 is 11.6 Å². The maximum atomic E-state index is 6.08. The Labute approximate surface area is 120 Å². The molecule has 2 nitrogen and oxygen atoms in total. The second-order valence-corrected chi connectivity index (χ2v) is 6.20. The van der Waals surface area contributed by atoms with Gasteiger partial charge in [-0.2, -0.15) is 0 Å². The first-order chi connectivity index (χ1) is 9.26. The van der Waals surface area contributed by atoms with Crippen molar-refractivity contribution in [2.45, 2.75) is 44.8 Å². The van der Waals surface area contributed by atoms with Crippen LogP contribution in [0.25, 0.3) is 0 Å². The number of halogens is 1. The predicted molar refractivity (Wildman–Crippen MR) is 79.2 cm³/mol. The van der Waals surface area contributed by atoms with E-state index in [2.05, 4.69) is 30.0 Å². The minimum Gasteiger partial charge on any atom is -0.488 e. The van der Waals surface area contributed by atoms with Gasteiger partial charge in [0.15, 0.2) is 0 Å². The molecule has 0 amide bonds. The minimum atomic E-state index is 0.327. The second kappa shape index (κ2) is 5.72. The average molecular weight is 280 g/mol. The van der Waals surface area contributed by atoms with E-state index in [0.29, 0.717) is 12.1 Å². The van der Waals surface area contributed by atoms with E-state index in [4.69, 9.17) is 16.3 Å². The maximum absolute atomic E-state index is 6.08. The fourth-order valence-electron chi connectivity index (χ4n) is 3.40. The zero-order chi connectivity index (χ0) is 13.2. The quantitative estimate of drug-likeness (QED) is 0.784. The molecule has 0 bridgehead atoms. The van der Waals surface area contributed by atoms with Crippen molar-refractivity contribution in [1.29, 1.82) is 0 Å². The van der Waals surface area contributed by atoms with Gasteiger partial charge in [-0.1, -0.05) is 17.7 Å². The lowest BCUT2D eigenvalue weighted by molar-refractivity contribution is 0.140. The molecule has 0 spiro atoms. The van der Waals surface area contributed by atoms with Gasteiger partial charge in [0.25, 0.3) is 0 Å². The molecule has 2 aliphatic rings. The van der Waals surface area contributed by atoms with Crippen LogP contribution in [0.4, 0.5) is 0 Å². The summed E-state index contributed by atoms with van der Waals surface area (Å²) in [5.74, 6) is 1.86. The molecule has 2 atom stereocenters. The third-order valence-electron chi connectivity index (χ3n) is 4.34. The van der Waals surface area contributed by atoms with Crippen LogP contribution >= 0.6 is 11.6 Å². The fourth-order valence-corrected chi connectivity index (χ4v) is 3.65. The molecule has 0 aliphatic carbocycles. The lowest BCUT2D eigenvalue weighted by Crippen LogP contribution is -2.38.